The molecule has 0 heterocycles. The van der Waals surface area contributed by atoms with Crippen LogP contribution in [0, 0.1) is 11.2 Å². The van der Waals surface area contributed by atoms with Gasteiger partial charge in [-0.15, -0.1) is 0 Å². The standard InChI is InChI=1S/C14H20BrFN2/c1-14(7-3-2-4-8-14)13(18-17)11-9-10(15)5-6-12(11)16/h5-6,9,13,18H,2-4,7-8,17H2,1H3. The van der Waals surface area contributed by atoms with E-state index >= 15 is 0 Å². The van der Waals surface area contributed by atoms with E-state index in [1.165, 1.54) is 25.3 Å². The first-order valence-corrected chi connectivity index (χ1v) is 7.27. The molecule has 1 atom stereocenters. The van der Waals surface area contributed by atoms with E-state index in [1.807, 2.05) is 6.07 Å². The highest BCUT2D eigenvalue weighted by Crippen LogP contribution is 2.46. The van der Waals surface area contributed by atoms with Gasteiger partial charge in [-0.3, -0.25) is 11.3 Å². The van der Waals surface area contributed by atoms with Crippen LogP contribution in [0.25, 0.3) is 0 Å². The van der Waals surface area contributed by atoms with Gasteiger partial charge in [0, 0.05) is 10.0 Å². The predicted octanol–water partition coefficient (Wildman–Crippen LogP) is 4.06. The molecular formula is C14H20BrFN2. The zero-order chi connectivity index (χ0) is 13.2. The third-order valence-electron chi connectivity index (χ3n) is 4.13. The Balaban J connectivity index is 2.35. The lowest BCUT2D eigenvalue weighted by atomic mass is 9.69. The first kappa shape index (κ1) is 14.0. The molecule has 1 aliphatic rings. The van der Waals surface area contributed by atoms with Gasteiger partial charge in [0.15, 0.2) is 0 Å². The van der Waals surface area contributed by atoms with Crippen LogP contribution in [0.2, 0.25) is 0 Å². The van der Waals surface area contributed by atoms with Crippen LogP contribution in [0.15, 0.2) is 22.7 Å². The third kappa shape index (κ3) is 2.76. The second kappa shape index (κ2) is 5.68. The molecule has 1 saturated carbocycles. The van der Waals surface area contributed by atoms with Gasteiger partial charge in [-0.25, -0.2) is 4.39 Å². The van der Waals surface area contributed by atoms with Crippen molar-refractivity contribution < 1.29 is 4.39 Å². The summed E-state index contributed by atoms with van der Waals surface area (Å²) >= 11 is 3.40. The molecule has 2 rings (SSSR count). The maximum Gasteiger partial charge on any atom is 0.128 e. The molecule has 0 amide bonds. The molecule has 0 spiro atoms. The number of benzene rings is 1. The van der Waals surface area contributed by atoms with E-state index in [-0.39, 0.29) is 17.3 Å². The fourth-order valence-corrected chi connectivity index (χ4v) is 3.43. The van der Waals surface area contributed by atoms with E-state index in [4.69, 9.17) is 5.84 Å². The second-order valence-electron chi connectivity index (χ2n) is 5.48. The van der Waals surface area contributed by atoms with E-state index in [0.717, 1.165) is 17.3 Å². The summed E-state index contributed by atoms with van der Waals surface area (Å²) in [5.74, 6) is 5.52. The molecule has 4 heteroatoms. The summed E-state index contributed by atoms with van der Waals surface area (Å²) in [5, 5.41) is 0. The van der Waals surface area contributed by atoms with Crippen LogP contribution >= 0.6 is 15.9 Å². The lowest BCUT2D eigenvalue weighted by Gasteiger charge is -2.40. The molecule has 18 heavy (non-hydrogen) atoms. The number of nitrogens with one attached hydrogen (secondary N) is 1. The Morgan fingerprint density at radius 2 is 2.00 bits per heavy atom. The van der Waals surface area contributed by atoms with Crippen LogP contribution in [0.4, 0.5) is 4.39 Å². The minimum Gasteiger partial charge on any atom is -0.271 e. The van der Waals surface area contributed by atoms with Gasteiger partial charge < -0.3 is 0 Å². The van der Waals surface area contributed by atoms with Crippen molar-refractivity contribution in [1.82, 2.24) is 5.43 Å². The number of hydrazine groups is 1. The van der Waals surface area contributed by atoms with E-state index in [0.29, 0.717) is 5.56 Å². The smallest absolute Gasteiger partial charge is 0.128 e. The van der Waals surface area contributed by atoms with E-state index in [1.54, 1.807) is 6.07 Å². The molecule has 0 radical (unpaired) electrons. The van der Waals surface area contributed by atoms with Crippen molar-refractivity contribution in [2.45, 2.75) is 45.1 Å². The molecule has 0 bridgehead atoms. The minimum atomic E-state index is -0.187. The Morgan fingerprint density at radius 1 is 1.33 bits per heavy atom. The molecule has 3 N–H and O–H groups in total. The molecule has 1 unspecified atom stereocenters. The Kier molecular flexibility index (Phi) is 4.41. The number of rotatable bonds is 3. The van der Waals surface area contributed by atoms with Gasteiger partial charge in [0.05, 0.1) is 6.04 Å². The van der Waals surface area contributed by atoms with Crippen molar-refractivity contribution in [3.63, 3.8) is 0 Å². The Hall–Kier alpha value is -0.450. The van der Waals surface area contributed by atoms with Crippen molar-refractivity contribution >= 4 is 15.9 Å². The highest BCUT2D eigenvalue weighted by molar-refractivity contribution is 9.10. The van der Waals surface area contributed by atoms with Crippen molar-refractivity contribution in [2.75, 3.05) is 0 Å². The zero-order valence-corrected chi connectivity index (χ0v) is 12.3. The molecule has 0 saturated heterocycles. The van der Waals surface area contributed by atoms with Crippen molar-refractivity contribution in [1.29, 1.82) is 0 Å². The van der Waals surface area contributed by atoms with Gasteiger partial charge in [0.2, 0.25) is 0 Å². The molecule has 1 aromatic carbocycles. The second-order valence-corrected chi connectivity index (χ2v) is 6.40. The van der Waals surface area contributed by atoms with E-state index < -0.39 is 0 Å². The quantitative estimate of drug-likeness (QED) is 0.652. The van der Waals surface area contributed by atoms with Crippen molar-refractivity contribution in [3.8, 4) is 0 Å². The Labute approximate surface area is 116 Å². The van der Waals surface area contributed by atoms with Gasteiger partial charge >= 0.3 is 0 Å². The highest BCUT2D eigenvalue weighted by Gasteiger charge is 2.37. The van der Waals surface area contributed by atoms with Crippen molar-refractivity contribution in [2.24, 2.45) is 11.3 Å². The first-order valence-electron chi connectivity index (χ1n) is 6.48. The summed E-state index contributed by atoms with van der Waals surface area (Å²) in [6, 6.07) is 4.92. The van der Waals surface area contributed by atoms with Crippen molar-refractivity contribution in [3.05, 3.63) is 34.1 Å². The highest BCUT2D eigenvalue weighted by atomic mass is 79.9. The van der Waals surface area contributed by atoms with Gasteiger partial charge in [-0.1, -0.05) is 42.1 Å². The molecular weight excluding hydrogens is 295 g/mol. The van der Waals surface area contributed by atoms with Crippen LogP contribution in [0.5, 0.6) is 0 Å². The maximum atomic E-state index is 14.0. The summed E-state index contributed by atoms with van der Waals surface area (Å²) in [6.07, 6.45) is 5.85. The van der Waals surface area contributed by atoms with Gasteiger partial charge in [0.1, 0.15) is 5.82 Å². The lowest BCUT2D eigenvalue weighted by Crippen LogP contribution is -2.41. The predicted molar refractivity (Wildman–Crippen MR) is 75.4 cm³/mol. The largest absolute Gasteiger partial charge is 0.271 e. The van der Waals surface area contributed by atoms with E-state index in [9.17, 15) is 4.39 Å². The normalized spacial score (nSPS) is 20.7. The fraction of sp³-hybridized carbons (Fsp3) is 0.571. The van der Waals surface area contributed by atoms with Gasteiger partial charge in [0.25, 0.3) is 0 Å². The summed E-state index contributed by atoms with van der Waals surface area (Å²) in [6.45, 7) is 2.21. The molecule has 1 fully saturated rings. The van der Waals surface area contributed by atoms with Gasteiger partial charge in [-0.2, -0.15) is 0 Å². The summed E-state index contributed by atoms with van der Waals surface area (Å²) < 4.78 is 14.9. The number of hydrogen-bond acceptors (Lipinski definition) is 2. The topological polar surface area (TPSA) is 38.0 Å². The third-order valence-corrected chi connectivity index (χ3v) is 4.62. The monoisotopic (exact) mass is 314 g/mol. The van der Waals surface area contributed by atoms with Gasteiger partial charge in [-0.05, 0) is 36.5 Å². The molecule has 1 aromatic rings. The Morgan fingerprint density at radius 3 is 2.61 bits per heavy atom. The first-order chi connectivity index (χ1) is 8.57. The van der Waals surface area contributed by atoms with Crippen LogP contribution in [-0.4, -0.2) is 0 Å². The molecule has 0 aromatic heterocycles. The van der Waals surface area contributed by atoms with E-state index in [2.05, 4.69) is 28.3 Å². The summed E-state index contributed by atoms with van der Waals surface area (Å²) in [7, 11) is 0. The summed E-state index contributed by atoms with van der Waals surface area (Å²) in [4.78, 5) is 0. The lowest BCUT2D eigenvalue weighted by molar-refractivity contribution is 0.142. The molecule has 2 nitrogen and oxygen atoms in total. The molecule has 100 valence electrons. The van der Waals surface area contributed by atoms with Crippen LogP contribution in [0.3, 0.4) is 0 Å². The van der Waals surface area contributed by atoms with Crippen LogP contribution in [-0.2, 0) is 0 Å². The zero-order valence-electron chi connectivity index (χ0n) is 10.7. The number of nitrogens with two attached hydrogens (primary N) is 1. The minimum absolute atomic E-state index is 0.0363. The van der Waals surface area contributed by atoms with Crippen LogP contribution < -0.4 is 11.3 Å². The SMILES string of the molecule is CC1(C(NN)c2cc(Br)ccc2F)CCCCC1. The van der Waals surface area contributed by atoms with Crippen LogP contribution in [0.1, 0.15) is 50.6 Å². The fourth-order valence-electron chi connectivity index (χ4n) is 3.05. The average Bonchev–Trinajstić information content (AvgIpc) is 2.35. The molecule has 0 aliphatic heterocycles. The summed E-state index contributed by atoms with van der Waals surface area (Å²) in [5.41, 5.74) is 3.54. The average molecular weight is 315 g/mol. The number of halogens is 2. The Bertz CT molecular complexity index is 416. The maximum absolute atomic E-state index is 14.0. The molecule has 1 aliphatic carbocycles. The number of hydrogen-bond donors (Lipinski definition) is 2.